The van der Waals surface area contributed by atoms with Crippen molar-refractivity contribution in [3.05, 3.63) is 29.3 Å². The molecule has 0 aromatic heterocycles. The van der Waals surface area contributed by atoms with Crippen molar-refractivity contribution in [3.63, 3.8) is 0 Å². The molecule has 100 valence electrons. The Morgan fingerprint density at radius 3 is 3.00 bits per heavy atom. The lowest BCUT2D eigenvalue weighted by Gasteiger charge is -2.13. The van der Waals surface area contributed by atoms with E-state index in [0.29, 0.717) is 17.5 Å². The maximum Gasteiger partial charge on any atom is 0.188 e. The van der Waals surface area contributed by atoms with Gasteiger partial charge < -0.3 is 15.8 Å². The van der Waals surface area contributed by atoms with Gasteiger partial charge in [-0.1, -0.05) is 24.6 Å². The van der Waals surface area contributed by atoms with E-state index < -0.39 is 0 Å². The second kappa shape index (κ2) is 7.82. The molecule has 18 heavy (non-hydrogen) atoms. The van der Waals surface area contributed by atoms with Crippen molar-refractivity contribution in [2.45, 2.75) is 26.4 Å². The normalized spacial score (nSPS) is 13.2. The Bertz CT molecular complexity index is 396. The van der Waals surface area contributed by atoms with Crippen LogP contribution in [0.2, 0.25) is 5.02 Å². The molecule has 1 aromatic rings. The average Bonchev–Trinajstić information content (AvgIpc) is 2.34. The molecule has 0 heterocycles. The topological polar surface area (TPSA) is 59.6 Å². The van der Waals surface area contributed by atoms with Crippen molar-refractivity contribution in [2.75, 3.05) is 13.1 Å². The fraction of sp³-hybridized carbons (Fsp3) is 0.462. The van der Waals surface area contributed by atoms with Crippen LogP contribution in [0, 0.1) is 0 Å². The standard InChI is InChI=1S/C13H20ClN3O/c1-3-7-16-13(15)17-9-10(2)18-12-6-4-5-11(14)8-12/h4-6,8,10H,3,7,9H2,1-2H3,(H3,15,16,17). The quantitative estimate of drug-likeness (QED) is 0.616. The van der Waals surface area contributed by atoms with Crippen molar-refractivity contribution in [3.8, 4) is 5.75 Å². The first-order valence-electron chi connectivity index (χ1n) is 6.07. The molecule has 0 amide bonds. The number of nitrogens with zero attached hydrogens (tertiary/aromatic N) is 1. The molecule has 0 spiro atoms. The summed E-state index contributed by atoms with van der Waals surface area (Å²) in [5.74, 6) is 1.20. The summed E-state index contributed by atoms with van der Waals surface area (Å²) >= 11 is 5.88. The molecule has 1 unspecified atom stereocenters. The Kier molecular flexibility index (Phi) is 6.36. The van der Waals surface area contributed by atoms with Crippen molar-refractivity contribution in [1.29, 1.82) is 0 Å². The zero-order chi connectivity index (χ0) is 13.4. The molecule has 0 saturated heterocycles. The summed E-state index contributed by atoms with van der Waals surface area (Å²) in [4.78, 5) is 4.21. The SMILES string of the molecule is CCCNC(N)=NCC(C)Oc1cccc(Cl)c1. The molecule has 5 heteroatoms. The van der Waals surface area contributed by atoms with Crippen LogP contribution in [0.5, 0.6) is 5.75 Å². The van der Waals surface area contributed by atoms with E-state index >= 15 is 0 Å². The Balaban J connectivity index is 2.39. The largest absolute Gasteiger partial charge is 0.489 e. The van der Waals surface area contributed by atoms with Crippen LogP contribution >= 0.6 is 11.6 Å². The predicted octanol–water partition coefficient (Wildman–Crippen LogP) is 2.42. The Morgan fingerprint density at radius 2 is 2.33 bits per heavy atom. The van der Waals surface area contributed by atoms with Gasteiger partial charge in [-0.3, -0.25) is 0 Å². The molecule has 0 aliphatic rings. The summed E-state index contributed by atoms with van der Waals surface area (Å²) < 4.78 is 5.68. The highest BCUT2D eigenvalue weighted by Crippen LogP contribution is 2.18. The van der Waals surface area contributed by atoms with Crippen LogP contribution in [0.3, 0.4) is 0 Å². The van der Waals surface area contributed by atoms with Gasteiger partial charge in [0.05, 0.1) is 6.54 Å². The molecule has 4 nitrogen and oxygen atoms in total. The van der Waals surface area contributed by atoms with Crippen LogP contribution in [0.1, 0.15) is 20.3 Å². The number of nitrogens with two attached hydrogens (primary N) is 1. The van der Waals surface area contributed by atoms with Gasteiger partial charge >= 0.3 is 0 Å². The molecular weight excluding hydrogens is 250 g/mol. The number of guanidine groups is 1. The molecule has 0 radical (unpaired) electrons. The van der Waals surface area contributed by atoms with Gasteiger partial charge in [-0.15, -0.1) is 0 Å². The average molecular weight is 270 g/mol. The van der Waals surface area contributed by atoms with Crippen LogP contribution in [0.4, 0.5) is 0 Å². The summed E-state index contributed by atoms with van der Waals surface area (Å²) in [6.07, 6.45) is 0.968. The number of benzene rings is 1. The van der Waals surface area contributed by atoms with Gasteiger partial charge in [0.2, 0.25) is 0 Å². The Labute approximate surface area is 113 Å². The first kappa shape index (κ1) is 14.6. The van der Waals surface area contributed by atoms with Crippen LogP contribution in [-0.4, -0.2) is 25.2 Å². The molecule has 0 bridgehead atoms. The summed E-state index contributed by atoms with van der Waals surface area (Å²) in [7, 11) is 0. The number of nitrogens with one attached hydrogen (secondary N) is 1. The van der Waals surface area contributed by atoms with Gasteiger partial charge in [0.1, 0.15) is 11.9 Å². The van der Waals surface area contributed by atoms with Crippen molar-refractivity contribution in [1.82, 2.24) is 5.32 Å². The minimum atomic E-state index is -0.0505. The lowest BCUT2D eigenvalue weighted by atomic mass is 10.3. The van der Waals surface area contributed by atoms with E-state index in [1.165, 1.54) is 0 Å². The zero-order valence-electron chi connectivity index (χ0n) is 10.8. The molecule has 0 fully saturated rings. The predicted molar refractivity (Wildman–Crippen MR) is 76.3 cm³/mol. The van der Waals surface area contributed by atoms with E-state index in [1.807, 2.05) is 25.1 Å². The highest BCUT2D eigenvalue weighted by molar-refractivity contribution is 6.30. The lowest BCUT2D eigenvalue weighted by Crippen LogP contribution is -2.33. The summed E-state index contributed by atoms with van der Waals surface area (Å²) in [5.41, 5.74) is 5.69. The number of aliphatic imine (C=N–C) groups is 1. The highest BCUT2D eigenvalue weighted by atomic mass is 35.5. The number of hydrogen-bond donors (Lipinski definition) is 2. The maximum atomic E-state index is 5.88. The minimum absolute atomic E-state index is 0.0505. The van der Waals surface area contributed by atoms with Crippen molar-refractivity contribution >= 4 is 17.6 Å². The van der Waals surface area contributed by atoms with Crippen molar-refractivity contribution in [2.24, 2.45) is 10.7 Å². The zero-order valence-corrected chi connectivity index (χ0v) is 11.6. The van der Waals surface area contributed by atoms with Crippen molar-refractivity contribution < 1.29 is 4.74 Å². The molecule has 0 saturated carbocycles. The van der Waals surface area contributed by atoms with E-state index in [9.17, 15) is 0 Å². The van der Waals surface area contributed by atoms with Crippen LogP contribution in [0.25, 0.3) is 0 Å². The number of hydrogen-bond acceptors (Lipinski definition) is 2. The first-order valence-corrected chi connectivity index (χ1v) is 6.45. The second-order valence-corrected chi connectivity index (χ2v) is 4.47. The molecule has 0 aliphatic carbocycles. The highest BCUT2D eigenvalue weighted by Gasteiger charge is 2.03. The summed E-state index contributed by atoms with van der Waals surface area (Å²) in [5, 5.41) is 3.67. The summed E-state index contributed by atoms with van der Waals surface area (Å²) in [6.45, 7) is 5.36. The lowest BCUT2D eigenvalue weighted by molar-refractivity contribution is 0.230. The van der Waals surface area contributed by atoms with E-state index in [-0.39, 0.29) is 6.10 Å². The summed E-state index contributed by atoms with van der Waals surface area (Å²) in [6, 6.07) is 7.31. The van der Waals surface area contributed by atoms with Crippen LogP contribution in [-0.2, 0) is 0 Å². The van der Waals surface area contributed by atoms with E-state index in [4.69, 9.17) is 22.1 Å². The molecule has 1 aromatic carbocycles. The molecule has 0 aliphatic heterocycles. The molecule has 1 atom stereocenters. The Hall–Kier alpha value is -1.42. The van der Waals surface area contributed by atoms with E-state index in [2.05, 4.69) is 17.2 Å². The minimum Gasteiger partial charge on any atom is -0.489 e. The molecule has 3 N–H and O–H groups in total. The molecule has 1 rings (SSSR count). The monoisotopic (exact) mass is 269 g/mol. The van der Waals surface area contributed by atoms with Gasteiger partial charge in [0.15, 0.2) is 5.96 Å². The fourth-order valence-corrected chi connectivity index (χ4v) is 1.53. The van der Waals surface area contributed by atoms with Crippen LogP contribution < -0.4 is 15.8 Å². The third-order valence-electron chi connectivity index (χ3n) is 2.21. The van der Waals surface area contributed by atoms with Gasteiger partial charge in [-0.2, -0.15) is 0 Å². The maximum absolute atomic E-state index is 5.88. The Morgan fingerprint density at radius 1 is 1.56 bits per heavy atom. The van der Waals surface area contributed by atoms with Crippen LogP contribution in [0.15, 0.2) is 29.3 Å². The van der Waals surface area contributed by atoms with E-state index in [0.717, 1.165) is 18.7 Å². The third-order valence-corrected chi connectivity index (χ3v) is 2.44. The number of halogens is 1. The first-order chi connectivity index (χ1) is 8.61. The van der Waals surface area contributed by atoms with Gasteiger partial charge in [0, 0.05) is 11.6 Å². The number of rotatable bonds is 6. The molecular formula is C13H20ClN3O. The smallest absolute Gasteiger partial charge is 0.188 e. The third kappa shape index (κ3) is 5.77. The fourth-order valence-electron chi connectivity index (χ4n) is 1.35. The second-order valence-electron chi connectivity index (χ2n) is 4.04. The number of ether oxygens (including phenoxy) is 1. The van der Waals surface area contributed by atoms with Gasteiger partial charge in [-0.25, -0.2) is 4.99 Å². The van der Waals surface area contributed by atoms with Gasteiger partial charge in [-0.05, 0) is 31.5 Å². The van der Waals surface area contributed by atoms with E-state index in [1.54, 1.807) is 6.07 Å². The van der Waals surface area contributed by atoms with Gasteiger partial charge in [0.25, 0.3) is 0 Å².